The van der Waals surface area contributed by atoms with Crippen molar-refractivity contribution in [3.63, 3.8) is 0 Å². The van der Waals surface area contributed by atoms with Gasteiger partial charge >= 0.3 is 0 Å². The van der Waals surface area contributed by atoms with Crippen LogP contribution in [0.15, 0.2) is 24.3 Å². The highest BCUT2D eigenvalue weighted by Crippen LogP contribution is 2.24. The van der Waals surface area contributed by atoms with E-state index in [1.807, 2.05) is 45.0 Å². The van der Waals surface area contributed by atoms with Crippen molar-refractivity contribution in [2.24, 2.45) is 5.92 Å². The van der Waals surface area contributed by atoms with E-state index < -0.39 is 0 Å². The molecule has 0 atom stereocenters. The maximum absolute atomic E-state index is 12.0. The number of nitrogens with one attached hydrogen (secondary N) is 1. The van der Waals surface area contributed by atoms with Gasteiger partial charge in [0.2, 0.25) is 0 Å². The molecule has 0 spiro atoms. The zero-order valence-electron chi connectivity index (χ0n) is 9.29. The molecule has 0 unspecified atom stereocenters. The number of H-pyrrole nitrogens is 1. The summed E-state index contributed by atoms with van der Waals surface area (Å²) in [6.45, 7) is 5.82. The van der Waals surface area contributed by atoms with Crippen LogP contribution in [0.4, 0.5) is 0 Å². The molecule has 0 saturated carbocycles. The van der Waals surface area contributed by atoms with Gasteiger partial charge in [0.05, 0.1) is 0 Å². The normalized spacial score (nSPS) is 11.2. The lowest BCUT2D eigenvalue weighted by Gasteiger charge is -2.03. The van der Waals surface area contributed by atoms with Gasteiger partial charge in [-0.2, -0.15) is 0 Å². The van der Waals surface area contributed by atoms with Crippen molar-refractivity contribution in [3.8, 4) is 0 Å². The minimum atomic E-state index is 0.0444. The molecular weight excluding hydrogens is 186 g/mol. The number of hydrogen-bond donors (Lipinski definition) is 1. The van der Waals surface area contributed by atoms with Crippen LogP contribution in [0, 0.1) is 12.8 Å². The van der Waals surface area contributed by atoms with Gasteiger partial charge in [-0.05, 0) is 13.0 Å². The van der Waals surface area contributed by atoms with Gasteiger partial charge in [-0.25, -0.2) is 0 Å². The van der Waals surface area contributed by atoms with Crippen molar-refractivity contribution in [1.82, 2.24) is 4.98 Å². The number of aromatic amines is 1. The van der Waals surface area contributed by atoms with Gasteiger partial charge in [0.15, 0.2) is 5.78 Å². The fourth-order valence-electron chi connectivity index (χ4n) is 1.88. The predicted octanol–water partition coefficient (Wildman–Crippen LogP) is 3.32. The SMILES string of the molecule is Cc1[nH]c2ccccc2c1C(=O)C(C)C. The maximum Gasteiger partial charge on any atom is 0.167 e. The Morgan fingerprint density at radius 3 is 2.60 bits per heavy atom. The average molecular weight is 201 g/mol. The number of rotatable bonds is 2. The third-order valence-corrected chi connectivity index (χ3v) is 2.66. The van der Waals surface area contributed by atoms with E-state index in [9.17, 15) is 4.79 Å². The molecule has 1 heterocycles. The minimum Gasteiger partial charge on any atom is -0.358 e. The molecule has 0 saturated heterocycles. The Bertz CT molecular complexity index is 508. The second-order valence-electron chi connectivity index (χ2n) is 4.19. The van der Waals surface area contributed by atoms with Gasteiger partial charge in [0.25, 0.3) is 0 Å². The molecule has 2 heteroatoms. The first-order valence-electron chi connectivity index (χ1n) is 5.22. The number of carbonyl (C=O) groups is 1. The number of para-hydroxylation sites is 1. The zero-order valence-corrected chi connectivity index (χ0v) is 9.29. The van der Waals surface area contributed by atoms with Crippen molar-refractivity contribution in [2.75, 3.05) is 0 Å². The number of hydrogen-bond acceptors (Lipinski definition) is 1. The monoisotopic (exact) mass is 201 g/mol. The summed E-state index contributed by atoms with van der Waals surface area (Å²) >= 11 is 0. The molecule has 2 aromatic rings. The van der Waals surface area contributed by atoms with Crippen LogP contribution in [0.3, 0.4) is 0 Å². The Morgan fingerprint density at radius 2 is 1.93 bits per heavy atom. The predicted molar refractivity (Wildman–Crippen MR) is 62.2 cm³/mol. The Hall–Kier alpha value is -1.57. The van der Waals surface area contributed by atoms with E-state index in [1.165, 1.54) is 0 Å². The summed E-state index contributed by atoms with van der Waals surface area (Å²) in [7, 11) is 0. The molecule has 0 amide bonds. The van der Waals surface area contributed by atoms with E-state index >= 15 is 0 Å². The second kappa shape index (κ2) is 3.54. The molecule has 0 radical (unpaired) electrons. The molecule has 78 valence electrons. The molecule has 1 aromatic carbocycles. The number of Topliss-reactive ketones (excluding diaryl/α,β-unsaturated/α-hetero) is 1. The van der Waals surface area contributed by atoms with Gasteiger partial charge in [0.1, 0.15) is 0 Å². The lowest BCUT2D eigenvalue weighted by Crippen LogP contribution is -2.08. The number of aromatic nitrogens is 1. The Labute approximate surface area is 89.3 Å². The van der Waals surface area contributed by atoms with Crippen molar-refractivity contribution < 1.29 is 4.79 Å². The second-order valence-corrected chi connectivity index (χ2v) is 4.19. The highest BCUT2D eigenvalue weighted by atomic mass is 16.1. The lowest BCUT2D eigenvalue weighted by molar-refractivity contribution is 0.0940. The fraction of sp³-hybridized carbons (Fsp3) is 0.308. The van der Waals surface area contributed by atoms with E-state index in [-0.39, 0.29) is 11.7 Å². The van der Waals surface area contributed by atoms with Crippen molar-refractivity contribution in [1.29, 1.82) is 0 Å². The Kier molecular flexibility index (Phi) is 2.35. The summed E-state index contributed by atoms with van der Waals surface area (Å²) in [6, 6.07) is 7.93. The maximum atomic E-state index is 12.0. The van der Waals surface area contributed by atoms with Gasteiger partial charge in [-0.15, -0.1) is 0 Å². The van der Waals surface area contributed by atoms with Crippen molar-refractivity contribution >= 4 is 16.7 Å². The highest BCUT2D eigenvalue weighted by molar-refractivity contribution is 6.09. The van der Waals surface area contributed by atoms with Crippen molar-refractivity contribution in [2.45, 2.75) is 20.8 Å². The lowest BCUT2D eigenvalue weighted by atomic mass is 9.98. The summed E-state index contributed by atoms with van der Waals surface area (Å²) in [5.74, 6) is 0.257. The zero-order chi connectivity index (χ0) is 11.0. The van der Waals surface area contributed by atoms with Crippen LogP contribution in [0.2, 0.25) is 0 Å². The standard InChI is InChI=1S/C13H15NO/c1-8(2)13(15)12-9(3)14-11-7-5-4-6-10(11)12/h4-8,14H,1-3H3. The van der Waals surface area contributed by atoms with E-state index in [1.54, 1.807) is 0 Å². The molecule has 1 aromatic heterocycles. The average Bonchev–Trinajstić information content (AvgIpc) is 2.52. The summed E-state index contributed by atoms with van der Waals surface area (Å²) in [6.07, 6.45) is 0. The largest absolute Gasteiger partial charge is 0.358 e. The fourth-order valence-corrected chi connectivity index (χ4v) is 1.88. The Morgan fingerprint density at radius 1 is 1.27 bits per heavy atom. The number of ketones is 1. The van der Waals surface area contributed by atoms with Crippen LogP contribution in [0.25, 0.3) is 10.9 Å². The first-order chi connectivity index (χ1) is 7.11. The van der Waals surface area contributed by atoms with E-state index in [2.05, 4.69) is 4.98 Å². The van der Waals surface area contributed by atoms with Crippen LogP contribution in [0.1, 0.15) is 29.9 Å². The topological polar surface area (TPSA) is 32.9 Å². The summed E-state index contributed by atoms with van der Waals surface area (Å²) in [4.78, 5) is 15.3. The van der Waals surface area contributed by atoms with Gasteiger partial charge in [0, 0.05) is 28.1 Å². The number of benzene rings is 1. The molecule has 0 fully saturated rings. The third kappa shape index (κ3) is 1.56. The summed E-state index contributed by atoms with van der Waals surface area (Å²) in [5, 5.41) is 1.04. The quantitative estimate of drug-likeness (QED) is 0.743. The first-order valence-corrected chi connectivity index (χ1v) is 5.22. The number of carbonyl (C=O) groups excluding carboxylic acids is 1. The van der Waals surface area contributed by atoms with Crippen LogP contribution >= 0.6 is 0 Å². The van der Waals surface area contributed by atoms with Crippen LogP contribution in [-0.4, -0.2) is 10.8 Å². The first kappa shape index (κ1) is 9.97. The highest BCUT2D eigenvalue weighted by Gasteiger charge is 2.17. The van der Waals surface area contributed by atoms with Gasteiger partial charge in [-0.3, -0.25) is 4.79 Å². The van der Waals surface area contributed by atoms with E-state index in [4.69, 9.17) is 0 Å². The smallest absolute Gasteiger partial charge is 0.167 e. The van der Waals surface area contributed by atoms with Gasteiger partial charge < -0.3 is 4.98 Å². The molecular formula is C13H15NO. The molecule has 15 heavy (non-hydrogen) atoms. The molecule has 2 nitrogen and oxygen atoms in total. The molecule has 0 aliphatic carbocycles. The van der Waals surface area contributed by atoms with E-state index in [0.717, 1.165) is 22.2 Å². The minimum absolute atomic E-state index is 0.0444. The molecule has 0 bridgehead atoms. The Balaban J connectivity index is 2.69. The van der Waals surface area contributed by atoms with Crippen LogP contribution in [0.5, 0.6) is 0 Å². The van der Waals surface area contributed by atoms with Crippen LogP contribution < -0.4 is 0 Å². The molecule has 0 aliphatic rings. The van der Waals surface area contributed by atoms with E-state index in [0.29, 0.717) is 0 Å². The molecule has 1 N–H and O–H groups in total. The molecule has 2 rings (SSSR count). The van der Waals surface area contributed by atoms with Crippen molar-refractivity contribution in [3.05, 3.63) is 35.5 Å². The van der Waals surface area contributed by atoms with Gasteiger partial charge in [-0.1, -0.05) is 32.0 Å². The number of aryl methyl sites for hydroxylation is 1. The number of fused-ring (bicyclic) bond motifs is 1. The summed E-state index contributed by atoms with van der Waals surface area (Å²) < 4.78 is 0. The third-order valence-electron chi connectivity index (χ3n) is 2.66. The summed E-state index contributed by atoms with van der Waals surface area (Å²) in [5.41, 5.74) is 2.86. The van der Waals surface area contributed by atoms with Crippen LogP contribution in [-0.2, 0) is 0 Å². The molecule has 0 aliphatic heterocycles.